The lowest BCUT2D eigenvalue weighted by molar-refractivity contribution is -0.183. The molecule has 262 valence electrons. The molecule has 2 aliphatic heterocycles. The lowest BCUT2D eigenvalue weighted by Crippen LogP contribution is -2.47. The van der Waals surface area contributed by atoms with Gasteiger partial charge in [0.05, 0.1) is 47.9 Å². The summed E-state index contributed by atoms with van der Waals surface area (Å²) < 4.78 is 77.8. The number of ether oxygens (including phenoxy) is 1. The zero-order chi connectivity index (χ0) is 34.2. The van der Waals surface area contributed by atoms with E-state index in [-0.39, 0.29) is 56.3 Å². The number of amides is 2. The number of hydrogen-bond acceptors (Lipinski definition) is 8. The number of hydrogen-bond donors (Lipinski definition) is 2. The van der Waals surface area contributed by atoms with E-state index in [4.69, 9.17) is 19.8 Å². The first kappa shape index (κ1) is 34.1. The van der Waals surface area contributed by atoms with Gasteiger partial charge < -0.3 is 15.4 Å². The van der Waals surface area contributed by atoms with Crippen molar-refractivity contribution in [3.05, 3.63) is 41.2 Å². The van der Waals surface area contributed by atoms with Crippen LogP contribution >= 0.6 is 0 Å². The number of morpholine rings is 1. The topological polar surface area (TPSA) is 132 Å². The number of piperidine rings is 1. The normalized spacial score (nSPS) is 24.8. The van der Waals surface area contributed by atoms with Gasteiger partial charge in [0.2, 0.25) is 11.8 Å². The highest BCUT2D eigenvalue weighted by molar-refractivity contribution is 5.92. The summed E-state index contributed by atoms with van der Waals surface area (Å²) >= 11 is 0. The fourth-order valence-corrected chi connectivity index (χ4v) is 6.97. The van der Waals surface area contributed by atoms with E-state index >= 15 is 0 Å². The molecule has 6 rings (SSSR count). The maximum atomic E-state index is 14.2. The Bertz CT molecular complexity index is 1620. The van der Waals surface area contributed by atoms with Gasteiger partial charge in [-0.3, -0.25) is 19.2 Å². The Hall–Kier alpha value is -3.73. The van der Waals surface area contributed by atoms with Crippen LogP contribution in [0.15, 0.2) is 18.5 Å². The molecule has 1 aliphatic carbocycles. The van der Waals surface area contributed by atoms with E-state index in [1.165, 1.54) is 15.4 Å². The SMILES string of the molecule is CCn1nccc1C(=O)N[C@H](c1cn2nc(C[C@H]3C[C@@H](C(F)(F)F)CNC3=O)c(CN3CCOC(C)C3)nc2n1)C1CCC(F)(F)CC1. The minimum absolute atomic E-state index is 0.0372. The Balaban J connectivity index is 1.35. The molecule has 0 spiro atoms. The van der Waals surface area contributed by atoms with E-state index in [2.05, 4.69) is 20.6 Å². The summed E-state index contributed by atoms with van der Waals surface area (Å²) in [7, 11) is 0. The van der Waals surface area contributed by atoms with E-state index in [0.717, 1.165) is 0 Å². The second-order valence-electron chi connectivity index (χ2n) is 13.1. The van der Waals surface area contributed by atoms with Crippen LogP contribution in [0.2, 0.25) is 0 Å². The summed E-state index contributed by atoms with van der Waals surface area (Å²) in [6.07, 6.45) is -2.18. The number of carbonyl (C=O) groups excluding carboxylic acids is 2. The van der Waals surface area contributed by atoms with Crippen LogP contribution in [-0.4, -0.2) is 90.5 Å². The number of fused-ring (bicyclic) bond motifs is 1. The second-order valence-corrected chi connectivity index (χ2v) is 13.1. The molecule has 5 heterocycles. The Labute approximate surface area is 273 Å². The van der Waals surface area contributed by atoms with Crippen molar-refractivity contribution in [1.82, 2.24) is 44.9 Å². The van der Waals surface area contributed by atoms with Gasteiger partial charge in [0.25, 0.3) is 11.7 Å². The number of imidazole rings is 1. The fraction of sp³-hybridized carbons (Fsp3) is 0.677. The van der Waals surface area contributed by atoms with Crippen LogP contribution in [0.4, 0.5) is 22.0 Å². The summed E-state index contributed by atoms with van der Waals surface area (Å²) in [5, 5.41) is 14.3. The third kappa shape index (κ3) is 7.61. The number of nitrogens with one attached hydrogen (secondary N) is 2. The number of aryl methyl sites for hydroxylation is 1. The summed E-state index contributed by atoms with van der Waals surface area (Å²) in [4.78, 5) is 37.8. The molecule has 3 fully saturated rings. The maximum absolute atomic E-state index is 14.2. The molecule has 1 unspecified atom stereocenters. The van der Waals surface area contributed by atoms with Crippen LogP contribution in [0.25, 0.3) is 5.78 Å². The molecule has 3 aliphatic rings. The molecule has 2 amide bonds. The Morgan fingerprint density at radius 2 is 1.98 bits per heavy atom. The van der Waals surface area contributed by atoms with Crippen molar-refractivity contribution in [2.24, 2.45) is 17.8 Å². The molecule has 2 saturated heterocycles. The lowest BCUT2D eigenvalue weighted by atomic mass is 9.81. The van der Waals surface area contributed by atoms with Crippen LogP contribution in [0.1, 0.15) is 79.6 Å². The predicted octanol–water partition coefficient (Wildman–Crippen LogP) is 3.72. The summed E-state index contributed by atoms with van der Waals surface area (Å²) in [5.74, 6) is -6.50. The monoisotopic (exact) mass is 681 g/mol. The Morgan fingerprint density at radius 1 is 1.21 bits per heavy atom. The minimum atomic E-state index is -4.45. The molecule has 0 aromatic carbocycles. The van der Waals surface area contributed by atoms with E-state index in [9.17, 15) is 31.5 Å². The zero-order valence-electron chi connectivity index (χ0n) is 26.8. The van der Waals surface area contributed by atoms with E-state index in [0.29, 0.717) is 55.6 Å². The average Bonchev–Trinajstić information content (AvgIpc) is 3.68. The summed E-state index contributed by atoms with van der Waals surface area (Å²) in [6, 6.07) is 0.828. The van der Waals surface area contributed by atoms with Crippen molar-refractivity contribution in [3.63, 3.8) is 0 Å². The van der Waals surface area contributed by atoms with E-state index in [1.54, 1.807) is 12.3 Å². The Kier molecular flexibility index (Phi) is 9.71. The second kappa shape index (κ2) is 13.6. The highest BCUT2D eigenvalue weighted by atomic mass is 19.4. The van der Waals surface area contributed by atoms with Crippen molar-refractivity contribution < 1.29 is 36.3 Å². The number of carbonyl (C=O) groups is 2. The molecule has 0 bridgehead atoms. The van der Waals surface area contributed by atoms with Gasteiger partial charge in [-0.15, -0.1) is 0 Å². The van der Waals surface area contributed by atoms with Gasteiger partial charge >= 0.3 is 6.18 Å². The van der Waals surface area contributed by atoms with Gasteiger partial charge in [-0.25, -0.2) is 23.3 Å². The number of halogens is 5. The maximum Gasteiger partial charge on any atom is 0.393 e. The quantitative estimate of drug-likeness (QED) is 0.327. The van der Waals surface area contributed by atoms with Crippen LogP contribution in [-0.2, 0) is 29.0 Å². The molecule has 2 N–H and O–H groups in total. The van der Waals surface area contributed by atoms with Gasteiger partial charge in [-0.05, 0) is 45.1 Å². The third-order valence-electron chi connectivity index (χ3n) is 9.64. The standard InChI is InChI=1S/C31H40F5N9O3/c1-3-44-25(6-9-38-44)28(47)41-26(19-4-7-30(32,33)8-5-19)24-17-45-29(40-24)39-23(16-43-10-11-48-18(2)15-43)22(42-45)13-20-12-21(31(34,35)36)14-37-27(20)46/h6,9,17-21,26H,3-5,7-8,10-16H2,1-2H3,(H,37,46)(H,41,47)/t18?,20-,21-,26+/m1/s1. The number of alkyl halides is 5. The first-order chi connectivity index (χ1) is 22.8. The molecule has 12 nitrogen and oxygen atoms in total. The lowest BCUT2D eigenvalue weighted by Gasteiger charge is -2.33. The van der Waals surface area contributed by atoms with Crippen molar-refractivity contribution >= 4 is 17.6 Å². The number of aromatic nitrogens is 6. The van der Waals surface area contributed by atoms with Crippen LogP contribution in [0.5, 0.6) is 0 Å². The van der Waals surface area contributed by atoms with Crippen LogP contribution < -0.4 is 10.6 Å². The van der Waals surface area contributed by atoms with Gasteiger partial charge in [-0.1, -0.05) is 0 Å². The first-order valence-corrected chi connectivity index (χ1v) is 16.4. The van der Waals surface area contributed by atoms with Crippen LogP contribution in [0, 0.1) is 17.8 Å². The van der Waals surface area contributed by atoms with Crippen molar-refractivity contribution in [1.29, 1.82) is 0 Å². The molecule has 48 heavy (non-hydrogen) atoms. The van der Waals surface area contributed by atoms with E-state index in [1.807, 2.05) is 13.8 Å². The Morgan fingerprint density at radius 3 is 2.69 bits per heavy atom. The van der Waals surface area contributed by atoms with Crippen molar-refractivity contribution in [2.75, 3.05) is 26.2 Å². The minimum Gasteiger partial charge on any atom is -0.376 e. The van der Waals surface area contributed by atoms with Gasteiger partial charge in [0.1, 0.15) is 5.69 Å². The molecule has 1 saturated carbocycles. The fourth-order valence-electron chi connectivity index (χ4n) is 6.97. The van der Waals surface area contributed by atoms with Gasteiger partial charge in [-0.2, -0.15) is 23.4 Å². The molecular formula is C31H40F5N9O3. The highest BCUT2D eigenvalue weighted by Crippen LogP contribution is 2.41. The molecule has 3 aromatic rings. The molecule has 0 radical (unpaired) electrons. The van der Waals surface area contributed by atoms with Gasteiger partial charge in [0.15, 0.2) is 0 Å². The smallest absolute Gasteiger partial charge is 0.376 e. The average molecular weight is 682 g/mol. The van der Waals surface area contributed by atoms with E-state index < -0.39 is 48.3 Å². The molecule has 3 aromatic heterocycles. The summed E-state index contributed by atoms with van der Waals surface area (Å²) in [6.45, 7) is 5.78. The predicted molar refractivity (Wildman–Crippen MR) is 161 cm³/mol. The number of nitrogens with zero attached hydrogens (tertiary/aromatic N) is 7. The largest absolute Gasteiger partial charge is 0.393 e. The van der Waals surface area contributed by atoms with Crippen molar-refractivity contribution in [2.45, 2.75) is 89.7 Å². The molecular weight excluding hydrogens is 641 g/mol. The third-order valence-corrected chi connectivity index (χ3v) is 9.64. The van der Waals surface area contributed by atoms with Crippen LogP contribution in [0.3, 0.4) is 0 Å². The van der Waals surface area contributed by atoms with Gasteiger partial charge in [0, 0.05) is 64.1 Å². The highest BCUT2D eigenvalue weighted by Gasteiger charge is 2.45. The zero-order valence-corrected chi connectivity index (χ0v) is 26.8. The summed E-state index contributed by atoms with van der Waals surface area (Å²) in [5.41, 5.74) is 1.52. The number of rotatable bonds is 9. The molecule has 4 atom stereocenters. The van der Waals surface area contributed by atoms with Crippen molar-refractivity contribution in [3.8, 4) is 0 Å². The molecule has 17 heteroatoms. The first-order valence-electron chi connectivity index (χ1n) is 16.4.